The number of hydrogen-bond donors (Lipinski definition) is 2. The Hall–Kier alpha value is -1.65. The summed E-state index contributed by atoms with van der Waals surface area (Å²) in [6, 6.07) is 1.94. The van der Waals surface area contributed by atoms with Gasteiger partial charge in [0.2, 0.25) is 0 Å². The summed E-state index contributed by atoms with van der Waals surface area (Å²) < 4.78 is 0. The van der Waals surface area contributed by atoms with Gasteiger partial charge in [0.25, 0.3) is 0 Å². The predicted molar refractivity (Wildman–Crippen MR) is 68.9 cm³/mol. The van der Waals surface area contributed by atoms with Crippen molar-refractivity contribution in [3.63, 3.8) is 0 Å². The number of nitrogens with zero attached hydrogens (tertiary/aromatic N) is 2. The van der Waals surface area contributed by atoms with Crippen LogP contribution in [-0.2, 0) is 6.42 Å². The van der Waals surface area contributed by atoms with Crippen LogP contribution < -0.4 is 5.32 Å². The fourth-order valence-electron chi connectivity index (χ4n) is 2.29. The molecule has 2 rings (SSSR count). The molecule has 0 aromatic carbocycles. The molecule has 0 unspecified atom stereocenters. The van der Waals surface area contributed by atoms with Crippen molar-refractivity contribution in [2.75, 3.05) is 5.32 Å². The Morgan fingerprint density at radius 1 is 1.39 bits per heavy atom. The van der Waals surface area contributed by atoms with Crippen molar-refractivity contribution >= 4 is 11.8 Å². The van der Waals surface area contributed by atoms with Crippen LogP contribution in [0.3, 0.4) is 0 Å². The zero-order valence-corrected chi connectivity index (χ0v) is 10.6. The standard InChI is InChI=1S/C13H19N3O2/c1-2-11-15-10(13(17)18)8-12(16-11)14-9-6-4-3-5-7-9/h8-9H,2-7H2,1H3,(H,17,18)(H,14,15,16). The fourth-order valence-corrected chi connectivity index (χ4v) is 2.29. The summed E-state index contributed by atoms with van der Waals surface area (Å²) in [6.45, 7) is 1.92. The van der Waals surface area contributed by atoms with Crippen molar-refractivity contribution in [1.29, 1.82) is 0 Å². The molecule has 1 aromatic rings. The lowest BCUT2D eigenvalue weighted by Gasteiger charge is -2.23. The zero-order chi connectivity index (χ0) is 13.0. The molecule has 18 heavy (non-hydrogen) atoms. The van der Waals surface area contributed by atoms with Gasteiger partial charge in [-0.2, -0.15) is 0 Å². The topological polar surface area (TPSA) is 75.1 Å². The van der Waals surface area contributed by atoms with Crippen molar-refractivity contribution in [1.82, 2.24) is 9.97 Å². The van der Waals surface area contributed by atoms with Crippen LogP contribution in [0, 0.1) is 0 Å². The summed E-state index contributed by atoms with van der Waals surface area (Å²) in [5.74, 6) is 0.221. The average Bonchev–Trinajstić information content (AvgIpc) is 2.39. The van der Waals surface area contributed by atoms with Crippen LogP contribution >= 0.6 is 0 Å². The summed E-state index contributed by atoms with van der Waals surface area (Å²) >= 11 is 0. The Kier molecular flexibility index (Phi) is 4.12. The number of carbonyl (C=O) groups is 1. The van der Waals surface area contributed by atoms with Gasteiger partial charge in [-0.05, 0) is 12.8 Å². The molecule has 0 aliphatic heterocycles. The lowest BCUT2D eigenvalue weighted by Crippen LogP contribution is -2.23. The number of hydrogen-bond acceptors (Lipinski definition) is 4. The second-order valence-corrected chi connectivity index (χ2v) is 4.69. The highest BCUT2D eigenvalue weighted by molar-refractivity contribution is 5.86. The molecule has 1 heterocycles. The number of rotatable bonds is 4. The maximum Gasteiger partial charge on any atom is 0.354 e. The largest absolute Gasteiger partial charge is 0.477 e. The first-order chi connectivity index (χ1) is 8.69. The van der Waals surface area contributed by atoms with E-state index in [1.54, 1.807) is 0 Å². The van der Waals surface area contributed by atoms with Crippen molar-refractivity contribution in [2.24, 2.45) is 0 Å². The Balaban J connectivity index is 2.15. The van der Waals surface area contributed by atoms with Gasteiger partial charge in [0, 0.05) is 18.5 Å². The Labute approximate surface area is 107 Å². The highest BCUT2D eigenvalue weighted by Crippen LogP contribution is 2.21. The summed E-state index contributed by atoms with van der Waals surface area (Å²) in [7, 11) is 0. The van der Waals surface area contributed by atoms with E-state index in [4.69, 9.17) is 5.11 Å². The van der Waals surface area contributed by atoms with Crippen molar-refractivity contribution in [2.45, 2.75) is 51.5 Å². The second-order valence-electron chi connectivity index (χ2n) is 4.69. The lowest BCUT2D eigenvalue weighted by molar-refractivity contribution is 0.0690. The first-order valence-electron chi connectivity index (χ1n) is 6.57. The van der Waals surface area contributed by atoms with Crippen LogP contribution in [0.2, 0.25) is 0 Å². The van der Waals surface area contributed by atoms with Crippen molar-refractivity contribution < 1.29 is 9.90 Å². The quantitative estimate of drug-likeness (QED) is 0.857. The molecule has 1 aliphatic rings. The SMILES string of the molecule is CCc1nc(NC2CCCCC2)cc(C(=O)O)n1. The van der Waals surface area contributed by atoms with Crippen LogP contribution in [-0.4, -0.2) is 27.1 Å². The normalized spacial score (nSPS) is 16.5. The molecule has 1 fully saturated rings. The number of aryl methyl sites for hydroxylation is 1. The highest BCUT2D eigenvalue weighted by Gasteiger charge is 2.15. The van der Waals surface area contributed by atoms with Crippen molar-refractivity contribution in [3.05, 3.63) is 17.6 Å². The predicted octanol–water partition coefficient (Wildman–Crippen LogP) is 2.48. The highest BCUT2D eigenvalue weighted by atomic mass is 16.4. The molecule has 0 saturated heterocycles. The maximum absolute atomic E-state index is 11.0. The zero-order valence-electron chi connectivity index (χ0n) is 10.6. The van der Waals surface area contributed by atoms with E-state index in [-0.39, 0.29) is 5.69 Å². The number of aromatic carboxylic acids is 1. The van der Waals surface area contributed by atoms with Gasteiger partial charge in [-0.15, -0.1) is 0 Å². The average molecular weight is 249 g/mol. The summed E-state index contributed by atoms with van der Waals surface area (Å²) in [6.07, 6.45) is 6.66. The molecule has 0 bridgehead atoms. The van der Waals surface area contributed by atoms with E-state index in [0.717, 1.165) is 12.8 Å². The van der Waals surface area contributed by atoms with Gasteiger partial charge in [-0.1, -0.05) is 26.2 Å². The van der Waals surface area contributed by atoms with E-state index in [0.29, 0.717) is 24.1 Å². The minimum absolute atomic E-state index is 0.0696. The van der Waals surface area contributed by atoms with Gasteiger partial charge < -0.3 is 10.4 Å². The number of nitrogens with one attached hydrogen (secondary N) is 1. The first kappa shape index (κ1) is 12.8. The molecule has 2 N–H and O–H groups in total. The molecule has 1 aromatic heterocycles. The Morgan fingerprint density at radius 3 is 2.72 bits per heavy atom. The molecule has 0 spiro atoms. The van der Waals surface area contributed by atoms with Crippen LogP contribution in [0.4, 0.5) is 5.82 Å². The maximum atomic E-state index is 11.0. The van der Waals surface area contributed by atoms with Gasteiger partial charge in [-0.25, -0.2) is 14.8 Å². The third-order valence-corrected chi connectivity index (χ3v) is 3.26. The number of carboxylic acid groups (broad SMARTS) is 1. The Bertz CT molecular complexity index is 428. The van der Waals surface area contributed by atoms with Gasteiger partial charge in [0.15, 0.2) is 5.69 Å². The molecular formula is C13H19N3O2. The molecule has 0 amide bonds. The molecule has 98 valence electrons. The van der Waals surface area contributed by atoms with Gasteiger partial charge >= 0.3 is 5.97 Å². The van der Waals surface area contributed by atoms with Gasteiger partial charge in [-0.3, -0.25) is 0 Å². The minimum Gasteiger partial charge on any atom is -0.477 e. The van der Waals surface area contributed by atoms with E-state index in [1.165, 1.54) is 25.3 Å². The minimum atomic E-state index is -1.00. The van der Waals surface area contributed by atoms with Crippen LogP contribution in [0.15, 0.2) is 6.07 Å². The van der Waals surface area contributed by atoms with Crippen LogP contribution in [0.1, 0.15) is 55.3 Å². The van der Waals surface area contributed by atoms with Gasteiger partial charge in [0.1, 0.15) is 11.6 Å². The van der Waals surface area contributed by atoms with Crippen LogP contribution in [0.25, 0.3) is 0 Å². The van der Waals surface area contributed by atoms with E-state index >= 15 is 0 Å². The molecule has 0 radical (unpaired) electrons. The molecule has 1 saturated carbocycles. The Morgan fingerprint density at radius 2 is 2.11 bits per heavy atom. The molecule has 5 heteroatoms. The number of anilines is 1. The molecule has 5 nitrogen and oxygen atoms in total. The third kappa shape index (κ3) is 3.18. The van der Waals surface area contributed by atoms with Crippen molar-refractivity contribution in [3.8, 4) is 0 Å². The summed E-state index contributed by atoms with van der Waals surface area (Å²) in [5, 5.41) is 12.4. The van der Waals surface area contributed by atoms with E-state index in [1.807, 2.05) is 6.92 Å². The summed E-state index contributed by atoms with van der Waals surface area (Å²) in [5.41, 5.74) is 0.0696. The lowest BCUT2D eigenvalue weighted by atomic mass is 9.95. The van der Waals surface area contributed by atoms with E-state index in [2.05, 4.69) is 15.3 Å². The molecule has 1 aliphatic carbocycles. The van der Waals surface area contributed by atoms with Gasteiger partial charge in [0.05, 0.1) is 0 Å². The van der Waals surface area contributed by atoms with E-state index in [9.17, 15) is 4.79 Å². The monoisotopic (exact) mass is 249 g/mol. The molecular weight excluding hydrogens is 230 g/mol. The van der Waals surface area contributed by atoms with E-state index < -0.39 is 5.97 Å². The van der Waals surface area contributed by atoms with Crippen LogP contribution in [0.5, 0.6) is 0 Å². The number of aromatic nitrogens is 2. The smallest absolute Gasteiger partial charge is 0.354 e. The first-order valence-corrected chi connectivity index (χ1v) is 6.57. The second kappa shape index (κ2) is 5.80. The summed E-state index contributed by atoms with van der Waals surface area (Å²) in [4.78, 5) is 19.3. The third-order valence-electron chi connectivity index (χ3n) is 3.26. The molecule has 0 atom stereocenters. The number of carboxylic acids is 1. The fraction of sp³-hybridized carbons (Fsp3) is 0.615.